The molecule has 5 heteroatoms. The van der Waals surface area contributed by atoms with E-state index in [1.165, 1.54) is 0 Å². The van der Waals surface area contributed by atoms with Gasteiger partial charge < -0.3 is 10.3 Å². The van der Waals surface area contributed by atoms with Gasteiger partial charge in [0.25, 0.3) is 0 Å². The number of imidazole rings is 1. The topological polar surface area (TPSA) is 66.5 Å². The number of aromatic amines is 1. The highest BCUT2D eigenvalue weighted by Gasteiger charge is 2.10. The lowest BCUT2D eigenvalue weighted by molar-refractivity contribution is 1.09. The van der Waals surface area contributed by atoms with Crippen LogP contribution in [0.1, 0.15) is 5.56 Å². The van der Waals surface area contributed by atoms with Gasteiger partial charge >= 0.3 is 0 Å². The number of hydrogen-bond acceptors (Lipinski definition) is 4. The van der Waals surface area contributed by atoms with Crippen molar-refractivity contribution in [1.29, 1.82) is 0 Å². The molecule has 0 atom stereocenters. The van der Waals surface area contributed by atoms with Crippen LogP contribution in [0.3, 0.4) is 0 Å². The first-order valence-corrected chi connectivity index (χ1v) is 7.43. The number of pyridine rings is 2. The summed E-state index contributed by atoms with van der Waals surface area (Å²) in [5, 5.41) is 3.37. The highest BCUT2D eigenvalue weighted by atomic mass is 15.0. The fourth-order valence-electron chi connectivity index (χ4n) is 2.50. The Kier molecular flexibility index (Phi) is 3.44. The molecule has 0 amide bonds. The van der Waals surface area contributed by atoms with Crippen LogP contribution in [0.4, 0.5) is 5.82 Å². The normalized spacial score (nSPS) is 10.8. The van der Waals surface area contributed by atoms with Gasteiger partial charge in [0.1, 0.15) is 11.6 Å². The summed E-state index contributed by atoms with van der Waals surface area (Å²) in [7, 11) is 0. The van der Waals surface area contributed by atoms with E-state index in [1.807, 2.05) is 48.5 Å². The summed E-state index contributed by atoms with van der Waals surface area (Å²) in [4.78, 5) is 16.5. The third kappa shape index (κ3) is 2.76. The van der Waals surface area contributed by atoms with Crippen LogP contribution in [0, 0.1) is 0 Å². The molecule has 0 saturated heterocycles. The monoisotopic (exact) mass is 301 g/mol. The second-order valence-corrected chi connectivity index (χ2v) is 5.21. The van der Waals surface area contributed by atoms with Gasteiger partial charge in [-0.2, -0.15) is 0 Å². The van der Waals surface area contributed by atoms with Gasteiger partial charge in [-0.1, -0.05) is 12.1 Å². The van der Waals surface area contributed by atoms with Crippen LogP contribution in [0.15, 0.2) is 67.1 Å². The molecular weight excluding hydrogens is 286 g/mol. The number of benzene rings is 1. The SMILES string of the molecule is c1cnc(NCc2ccncc2)c(-c2nc3ccccc3[nH]2)c1. The van der Waals surface area contributed by atoms with Gasteiger partial charge in [-0.05, 0) is 42.0 Å². The standard InChI is InChI=1S/C18H15N5/c1-2-6-16-15(5-1)22-18(23-16)14-4-3-9-20-17(14)21-12-13-7-10-19-11-8-13/h1-11H,12H2,(H,20,21)(H,22,23). The third-order valence-electron chi connectivity index (χ3n) is 3.66. The van der Waals surface area contributed by atoms with Gasteiger partial charge in [0, 0.05) is 25.1 Å². The zero-order chi connectivity index (χ0) is 15.5. The number of hydrogen-bond donors (Lipinski definition) is 2. The van der Waals surface area contributed by atoms with Gasteiger partial charge in [-0.25, -0.2) is 9.97 Å². The number of H-pyrrole nitrogens is 1. The maximum absolute atomic E-state index is 4.65. The summed E-state index contributed by atoms with van der Waals surface area (Å²) in [6, 6.07) is 15.9. The molecule has 0 aliphatic rings. The van der Waals surface area contributed by atoms with Crippen LogP contribution in [-0.2, 0) is 6.54 Å². The average molecular weight is 301 g/mol. The Balaban J connectivity index is 1.66. The third-order valence-corrected chi connectivity index (χ3v) is 3.66. The molecule has 0 saturated carbocycles. The van der Waals surface area contributed by atoms with Crippen molar-refractivity contribution in [2.24, 2.45) is 0 Å². The van der Waals surface area contributed by atoms with Crippen molar-refractivity contribution in [3.05, 3.63) is 72.7 Å². The van der Waals surface area contributed by atoms with Crippen molar-refractivity contribution in [2.75, 3.05) is 5.32 Å². The van der Waals surface area contributed by atoms with E-state index in [0.29, 0.717) is 6.54 Å². The molecule has 0 fully saturated rings. The van der Waals surface area contributed by atoms with Crippen molar-refractivity contribution >= 4 is 16.9 Å². The minimum absolute atomic E-state index is 0.687. The first-order valence-electron chi connectivity index (χ1n) is 7.43. The fourth-order valence-corrected chi connectivity index (χ4v) is 2.50. The molecule has 0 bridgehead atoms. The van der Waals surface area contributed by atoms with Crippen LogP contribution in [0.5, 0.6) is 0 Å². The second-order valence-electron chi connectivity index (χ2n) is 5.21. The molecule has 4 aromatic rings. The van der Waals surface area contributed by atoms with E-state index in [0.717, 1.165) is 33.8 Å². The first kappa shape index (κ1) is 13.5. The van der Waals surface area contributed by atoms with Gasteiger partial charge in [0.15, 0.2) is 0 Å². The average Bonchev–Trinajstić information content (AvgIpc) is 3.05. The number of para-hydroxylation sites is 2. The summed E-state index contributed by atoms with van der Waals surface area (Å²) >= 11 is 0. The van der Waals surface area contributed by atoms with Crippen LogP contribution in [0.2, 0.25) is 0 Å². The number of rotatable bonds is 4. The molecule has 0 spiro atoms. The molecule has 0 aliphatic heterocycles. The summed E-state index contributed by atoms with van der Waals surface area (Å²) in [6.07, 6.45) is 5.35. The number of nitrogens with zero attached hydrogens (tertiary/aromatic N) is 3. The Morgan fingerprint density at radius 3 is 2.65 bits per heavy atom. The highest BCUT2D eigenvalue weighted by molar-refractivity contribution is 5.81. The van der Waals surface area contributed by atoms with Gasteiger partial charge in [0.05, 0.1) is 16.6 Å². The number of anilines is 1. The molecule has 4 rings (SSSR count). The van der Waals surface area contributed by atoms with Crippen molar-refractivity contribution < 1.29 is 0 Å². The second kappa shape index (κ2) is 5.88. The minimum atomic E-state index is 0.687. The lowest BCUT2D eigenvalue weighted by Crippen LogP contribution is -2.03. The highest BCUT2D eigenvalue weighted by Crippen LogP contribution is 2.26. The Labute approximate surface area is 133 Å². The van der Waals surface area contributed by atoms with Gasteiger partial charge in [-0.15, -0.1) is 0 Å². The Morgan fingerprint density at radius 1 is 0.913 bits per heavy atom. The van der Waals surface area contributed by atoms with E-state index in [2.05, 4.69) is 25.3 Å². The van der Waals surface area contributed by atoms with Gasteiger partial charge in [0.2, 0.25) is 0 Å². The molecule has 112 valence electrons. The quantitative estimate of drug-likeness (QED) is 0.604. The van der Waals surface area contributed by atoms with Gasteiger partial charge in [-0.3, -0.25) is 4.98 Å². The number of fused-ring (bicyclic) bond motifs is 1. The van der Waals surface area contributed by atoms with E-state index < -0.39 is 0 Å². The molecule has 2 N–H and O–H groups in total. The van der Waals surface area contributed by atoms with E-state index in [1.54, 1.807) is 18.6 Å². The number of aromatic nitrogens is 4. The van der Waals surface area contributed by atoms with Crippen LogP contribution < -0.4 is 5.32 Å². The summed E-state index contributed by atoms with van der Waals surface area (Å²) in [5.41, 5.74) is 4.08. The zero-order valence-electron chi connectivity index (χ0n) is 12.4. The van der Waals surface area contributed by atoms with Crippen molar-refractivity contribution in [3.63, 3.8) is 0 Å². The van der Waals surface area contributed by atoms with Crippen molar-refractivity contribution in [2.45, 2.75) is 6.54 Å². The predicted molar refractivity (Wildman–Crippen MR) is 90.9 cm³/mol. The Morgan fingerprint density at radius 2 is 1.78 bits per heavy atom. The van der Waals surface area contributed by atoms with E-state index in [4.69, 9.17) is 0 Å². The predicted octanol–water partition coefficient (Wildman–Crippen LogP) is 3.63. The maximum Gasteiger partial charge on any atom is 0.142 e. The summed E-state index contributed by atoms with van der Waals surface area (Å²) in [6.45, 7) is 0.687. The molecule has 5 nitrogen and oxygen atoms in total. The minimum Gasteiger partial charge on any atom is -0.365 e. The van der Waals surface area contributed by atoms with E-state index in [-0.39, 0.29) is 0 Å². The number of nitrogens with one attached hydrogen (secondary N) is 2. The molecule has 1 aromatic carbocycles. The lowest BCUT2D eigenvalue weighted by Gasteiger charge is -2.09. The smallest absolute Gasteiger partial charge is 0.142 e. The molecule has 23 heavy (non-hydrogen) atoms. The zero-order valence-corrected chi connectivity index (χ0v) is 12.4. The van der Waals surface area contributed by atoms with Crippen LogP contribution >= 0.6 is 0 Å². The molecule has 3 heterocycles. The summed E-state index contributed by atoms with van der Waals surface area (Å²) in [5.74, 6) is 1.62. The van der Waals surface area contributed by atoms with E-state index in [9.17, 15) is 0 Å². The first-order chi connectivity index (χ1) is 11.4. The maximum atomic E-state index is 4.65. The molecule has 0 unspecified atom stereocenters. The molecular formula is C18H15N5. The molecule has 0 radical (unpaired) electrons. The molecule has 3 aromatic heterocycles. The molecule has 0 aliphatic carbocycles. The van der Waals surface area contributed by atoms with E-state index >= 15 is 0 Å². The Bertz CT molecular complexity index is 897. The van der Waals surface area contributed by atoms with Crippen LogP contribution in [0.25, 0.3) is 22.4 Å². The summed E-state index contributed by atoms with van der Waals surface area (Å²) < 4.78 is 0. The lowest BCUT2D eigenvalue weighted by atomic mass is 10.2. The van der Waals surface area contributed by atoms with Crippen molar-refractivity contribution in [3.8, 4) is 11.4 Å². The van der Waals surface area contributed by atoms with Crippen LogP contribution in [-0.4, -0.2) is 19.9 Å². The Hall–Kier alpha value is -3.21. The van der Waals surface area contributed by atoms with Crippen molar-refractivity contribution in [1.82, 2.24) is 19.9 Å². The largest absolute Gasteiger partial charge is 0.365 e. The fraction of sp³-hybridized carbons (Fsp3) is 0.0556.